The number of hydrogen-bond acceptors (Lipinski definition) is 3. The summed E-state index contributed by atoms with van der Waals surface area (Å²) >= 11 is 0. The molecule has 0 aliphatic rings. The van der Waals surface area contributed by atoms with E-state index >= 15 is 0 Å². The summed E-state index contributed by atoms with van der Waals surface area (Å²) in [7, 11) is 1.29. The van der Waals surface area contributed by atoms with Crippen molar-refractivity contribution in [3.05, 3.63) is 29.1 Å². The van der Waals surface area contributed by atoms with Crippen LogP contribution in [0.5, 0.6) is 5.75 Å². The van der Waals surface area contributed by atoms with Crippen molar-refractivity contribution in [2.45, 2.75) is 44.4 Å². The normalized spacial score (nSPS) is 16.0. The van der Waals surface area contributed by atoms with Crippen LogP contribution >= 0.6 is 0 Å². The van der Waals surface area contributed by atoms with E-state index in [1.165, 1.54) is 20.1 Å². The van der Waals surface area contributed by atoms with Crippen molar-refractivity contribution in [1.82, 2.24) is 0 Å². The Morgan fingerprint density at radius 2 is 1.95 bits per heavy atom. The summed E-state index contributed by atoms with van der Waals surface area (Å²) in [6.45, 7) is 3.06. The molecule has 0 heterocycles. The molecule has 0 aliphatic carbocycles. The molecule has 2 atom stereocenters. The lowest BCUT2D eigenvalue weighted by molar-refractivity contribution is -0.247. The van der Waals surface area contributed by atoms with Crippen LogP contribution in [0, 0.1) is 12.7 Å². The van der Waals surface area contributed by atoms with Gasteiger partial charge in [0.1, 0.15) is 11.6 Å². The summed E-state index contributed by atoms with van der Waals surface area (Å²) in [4.78, 5) is 10.8. The molecule has 1 rings (SSSR count). The maximum atomic E-state index is 13.5. The number of benzene rings is 1. The van der Waals surface area contributed by atoms with E-state index in [0.29, 0.717) is 5.56 Å². The molecule has 0 spiro atoms. The Balaban J connectivity index is 3.29. The van der Waals surface area contributed by atoms with Crippen molar-refractivity contribution in [2.24, 2.45) is 0 Å². The molecule has 0 amide bonds. The third-order valence-electron chi connectivity index (χ3n) is 3.75. The Morgan fingerprint density at radius 3 is 2.36 bits per heavy atom. The Labute approximate surface area is 125 Å². The number of carbonyl (C=O) groups excluding carboxylic acids is 1. The fourth-order valence-corrected chi connectivity index (χ4v) is 2.36. The molecule has 1 aromatic carbocycles. The lowest BCUT2D eigenvalue weighted by atomic mass is 9.83. The molecule has 7 heteroatoms. The molecule has 0 saturated carbocycles. The van der Waals surface area contributed by atoms with Gasteiger partial charge in [0, 0.05) is 5.56 Å². The largest absolute Gasteiger partial charge is 0.496 e. The fraction of sp³-hybridized carbons (Fsp3) is 0.533. The predicted molar refractivity (Wildman–Crippen MR) is 72.4 cm³/mol. The van der Waals surface area contributed by atoms with Crippen LogP contribution in [0.25, 0.3) is 0 Å². The second-order valence-electron chi connectivity index (χ2n) is 5.14. The summed E-state index contributed by atoms with van der Waals surface area (Å²) in [5.41, 5.74) is -2.95. The molecule has 1 aromatic rings. The van der Waals surface area contributed by atoms with E-state index in [2.05, 4.69) is 0 Å². The zero-order valence-electron chi connectivity index (χ0n) is 12.5. The van der Waals surface area contributed by atoms with Gasteiger partial charge in [-0.1, -0.05) is 13.0 Å². The van der Waals surface area contributed by atoms with Crippen molar-refractivity contribution in [1.29, 1.82) is 0 Å². The minimum Gasteiger partial charge on any atom is -0.496 e. The van der Waals surface area contributed by atoms with E-state index in [9.17, 15) is 27.5 Å². The molecule has 0 unspecified atom stereocenters. The highest BCUT2D eigenvalue weighted by Gasteiger charge is 2.54. The van der Waals surface area contributed by atoms with Crippen LogP contribution in [-0.2, 0) is 4.79 Å². The second kappa shape index (κ2) is 6.64. The third-order valence-corrected chi connectivity index (χ3v) is 3.75. The maximum Gasteiger partial charge on any atom is 0.424 e. The summed E-state index contributed by atoms with van der Waals surface area (Å²) < 4.78 is 57.2. The molecular formula is C15H18F4O3. The van der Waals surface area contributed by atoms with Gasteiger partial charge in [-0.05, 0) is 37.3 Å². The summed E-state index contributed by atoms with van der Waals surface area (Å²) in [6.07, 6.45) is -6.21. The average Bonchev–Trinajstić information content (AvgIpc) is 2.46. The Kier molecular flexibility index (Phi) is 5.56. The molecule has 0 radical (unpaired) electrons. The van der Waals surface area contributed by atoms with Crippen molar-refractivity contribution >= 4 is 6.29 Å². The number of carbonyl (C=O) groups is 1. The Hall–Kier alpha value is -1.63. The number of ether oxygens (including phenoxy) is 1. The topological polar surface area (TPSA) is 46.5 Å². The van der Waals surface area contributed by atoms with Crippen LogP contribution < -0.4 is 4.74 Å². The molecular weight excluding hydrogens is 304 g/mol. The number of aliphatic hydroxyl groups is 1. The second-order valence-corrected chi connectivity index (χ2v) is 5.14. The molecule has 22 heavy (non-hydrogen) atoms. The number of halogens is 4. The van der Waals surface area contributed by atoms with Gasteiger partial charge >= 0.3 is 6.18 Å². The van der Waals surface area contributed by atoms with E-state index in [1.54, 1.807) is 6.92 Å². The smallest absolute Gasteiger partial charge is 0.424 e. The molecule has 0 aromatic heterocycles. The van der Waals surface area contributed by atoms with Gasteiger partial charge in [0.05, 0.1) is 7.11 Å². The van der Waals surface area contributed by atoms with Gasteiger partial charge in [-0.25, -0.2) is 4.39 Å². The number of rotatable bonds is 6. The van der Waals surface area contributed by atoms with Crippen LogP contribution in [0.4, 0.5) is 17.6 Å². The third kappa shape index (κ3) is 3.40. The minimum atomic E-state index is -5.08. The van der Waals surface area contributed by atoms with Crippen LogP contribution in [0.2, 0.25) is 0 Å². The van der Waals surface area contributed by atoms with Gasteiger partial charge in [-0.15, -0.1) is 0 Å². The van der Waals surface area contributed by atoms with E-state index < -0.39 is 36.2 Å². The van der Waals surface area contributed by atoms with Crippen LogP contribution in [-0.4, -0.2) is 30.3 Å². The van der Waals surface area contributed by atoms with Crippen molar-refractivity contribution in [3.63, 3.8) is 0 Å². The maximum absolute atomic E-state index is 13.5. The lowest BCUT2D eigenvalue weighted by Gasteiger charge is -2.29. The first kappa shape index (κ1) is 18.4. The SMILES string of the molecule is CC[C@H](C[C@@](O)(C=O)C(F)(F)F)c1ccc(F)c(C)c1OC. The van der Waals surface area contributed by atoms with Crippen molar-refractivity contribution in [3.8, 4) is 5.75 Å². The Morgan fingerprint density at radius 1 is 1.36 bits per heavy atom. The Bertz CT molecular complexity index is 542. The molecule has 3 nitrogen and oxygen atoms in total. The van der Waals surface area contributed by atoms with E-state index in [-0.39, 0.29) is 17.7 Å². The zero-order chi connectivity index (χ0) is 17.1. The molecule has 0 bridgehead atoms. The average molecular weight is 322 g/mol. The summed E-state index contributed by atoms with van der Waals surface area (Å²) in [5.74, 6) is -1.23. The molecule has 0 saturated heterocycles. The van der Waals surface area contributed by atoms with Gasteiger partial charge in [-0.2, -0.15) is 13.2 Å². The predicted octanol–water partition coefficient (Wildman–Crippen LogP) is 3.52. The minimum absolute atomic E-state index is 0.127. The molecule has 124 valence electrons. The highest BCUT2D eigenvalue weighted by atomic mass is 19.4. The van der Waals surface area contributed by atoms with Gasteiger partial charge in [0.2, 0.25) is 5.60 Å². The highest BCUT2D eigenvalue weighted by molar-refractivity contribution is 5.64. The molecule has 0 fully saturated rings. The molecule has 1 N–H and O–H groups in total. The summed E-state index contributed by atoms with van der Waals surface area (Å²) in [6, 6.07) is 2.44. The van der Waals surface area contributed by atoms with E-state index in [4.69, 9.17) is 4.74 Å². The van der Waals surface area contributed by atoms with Gasteiger partial charge < -0.3 is 9.84 Å². The zero-order valence-corrected chi connectivity index (χ0v) is 12.5. The fourth-order valence-electron chi connectivity index (χ4n) is 2.36. The van der Waals surface area contributed by atoms with Gasteiger partial charge in [-0.3, -0.25) is 4.79 Å². The number of hydrogen-bond donors (Lipinski definition) is 1. The van der Waals surface area contributed by atoms with E-state index in [1.807, 2.05) is 0 Å². The standard InChI is InChI=1S/C15H18F4O3/c1-4-10(7-14(21,8-20)15(17,18)19)11-5-6-12(16)9(2)13(11)22-3/h5-6,8,10,21H,4,7H2,1-3H3/t10-,14-/m1/s1. The van der Waals surface area contributed by atoms with Crippen LogP contribution in [0.15, 0.2) is 12.1 Å². The monoisotopic (exact) mass is 322 g/mol. The number of alkyl halides is 3. The van der Waals surface area contributed by atoms with Gasteiger partial charge in [0.15, 0.2) is 6.29 Å². The lowest BCUT2D eigenvalue weighted by Crippen LogP contribution is -2.47. The van der Waals surface area contributed by atoms with E-state index in [0.717, 1.165) is 6.07 Å². The van der Waals surface area contributed by atoms with Crippen molar-refractivity contribution in [2.75, 3.05) is 7.11 Å². The quantitative estimate of drug-likeness (QED) is 0.644. The van der Waals surface area contributed by atoms with Crippen LogP contribution in [0.1, 0.15) is 36.8 Å². The summed E-state index contributed by atoms with van der Waals surface area (Å²) in [5, 5.41) is 9.60. The van der Waals surface area contributed by atoms with Crippen molar-refractivity contribution < 1.29 is 32.2 Å². The highest BCUT2D eigenvalue weighted by Crippen LogP contribution is 2.41. The van der Waals surface area contributed by atoms with Crippen LogP contribution in [0.3, 0.4) is 0 Å². The van der Waals surface area contributed by atoms with Gasteiger partial charge in [0.25, 0.3) is 0 Å². The number of aldehydes is 1. The first-order valence-corrected chi connectivity index (χ1v) is 6.69. The first-order chi connectivity index (χ1) is 10.1. The number of methoxy groups -OCH3 is 1. The molecule has 0 aliphatic heterocycles. The first-order valence-electron chi connectivity index (χ1n) is 6.69.